The molecule has 0 saturated carbocycles. The van der Waals surface area contributed by atoms with Crippen LogP contribution < -0.4 is 5.32 Å². The van der Waals surface area contributed by atoms with Crippen LogP contribution in [-0.4, -0.2) is 39.8 Å². The quantitative estimate of drug-likeness (QED) is 0.902. The lowest BCUT2D eigenvalue weighted by Gasteiger charge is -2.43. The Morgan fingerprint density at radius 2 is 2.26 bits per heavy atom. The second kappa shape index (κ2) is 5.28. The van der Waals surface area contributed by atoms with Crippen LogP contribution in [0.1, 0.15) is 32.2 Å². The number of nitrogens with zero attached hydrogens (tertiary/aromatic N) is 2. The number of carbonyl (C=O) groups is 2. The molecule has 5 nitrogen and oxygen atoms in total. The number of hydrogen-bond donors (Lipinski definition) is 1. The van der Waals surface area contributed by atoms with E-state index >= 15 is 0 Å². The number of amides is 2. The number of rotatable bonds is 4. The summed E-state index contributed by atoms with van der Waals surface area (Å²) in [5.41, 5.74) is -0.771. The first-order valence-corrected chi connectivity index (χ1v) is 7.37. The molecule has 2 unspecified atom stereocenters. The maximum absolute atomic E-state index is 12.5. The highest BCUT2D eigenvalue weighted by atomic mass is 32.1. The molecule has 1 fully saturated rings. The van der Waals surface area contributed by atoms with E-state index in [-0.39, 0.29) is 11.8 Å². The molecule has 1 saturated heterocycles. The summed E-state index contributed by atoms with van der Waals surface area (Å²) >= 11 is 1.57. The van der Waals surface area contributed by atoms with Crippen LogP contribution in [0.4, 0.5) is 0 Å². The van der Waals surface area contributed by atoms with Crippen LogP contribution >= 0.6 is 11.3 Å². The van der Waals surface area contributed by atoms with E-state index in [0.717, 1.165) is 5.01 Å². The maximum atomic E-state index is 12.5. The van der Waals surface area contributed by atoms with E-state index in [1.165, 1.54) is 0 Å². The molecular formula is C13H19N3O2S. The number of hydrogen-bond acceptors (Lipinski definition) is 4. The standard InChI is InChI=1S/C13H19N3O2S/c1-4-13(3)12(18)16(9(2)11(17)15-13)7-5-10-14-6-8-19-10/h6,8-9H,4-5,7H2,1-3H3,(H,15,17). The second-order valence-corrected chi connectivity index (χ2v) is 6.00. The fourth-order valence-corrected chi connectivity index (χ4v) is 2.80. The second-order valence-electron chi connectivity index (χ2n) is 5.03. The van der Waals surface area contributed by atoms with Gasteiger partial charge in [-0.15, -0.1) is 11.3 Å². The summed E-state index contributed by atoms with van der Waals surface area (Å²) in [5.74, 6) is -0.0817. The Bertz CT molecular complexity index is 474. The molecule has 1 aromatic rings. The highest BCUT2D eigenvalue weighted by Crippen LogP contribution is 2.21. The largest absolute Gasteiger partial charge is 0.340 e. The summed E-state index contributed by atoms with van der Waals surface area (Å²) in [6.07, 6.45) is 3.04. The van der Waals surface area contributed by atoms with E-state index in [9.17, 15) is 9.59 Å². The predicted octanol–water partition coefficient (Wildman–Crippen LogP) is 1.20. The van der Waals surface area contributed by atoms with Crippen molar-refractivity contribution in [2.75, 3.05) is 6.54 Å². The van der Waals surface area contributed by atoms with E-state index in [1.807, 2.05) is 12.3 Å². The average molecular weight is 281 g/mol. The van der Waals surface area contributed by atoms with Crippen LogP contribution in [0.5, 0.6) is 0 Å². The van der Waals surface area contributed by atoms with Gasteiger partial charge in [0.15, 0.2) is 0 Å². The van der Waals surface area contributed by atoms with Gasteiger partial charge >= 0.3 is 0 Å². The molecule has 0 spiro atoms. The smallest absolute Gasteiger partial charge is 0.248 e. The van der Waals surface area contributed by atoms with E-state index in [4.69, 9.17) is 0 Å². The summed E-state index contributed by atoms with van der Waals surface area (Å²) in [4.78, 5) is 30.3. The van der Waals surface area contributed by atoms with Crippen molar-refractivity contribution in [1.82, 2.24) is 15.2 Å². The van der Waals surface area contributed by atoms with Gasteiger partial charge in [0.25, 0.3) is 0 Å². The highest BCUT2D eigenvalue weighted by molar-refractivity contribution is 7.09. The zero-order valence-corrected chi connectivity index (χ0v) is 12.3. The van der Waals surface area contributed by atoms with Gasteiger partial charge in [-0.3, -0.25) is 9.59 Å². The van der Waals surface area contributed by atoms with Crippen LogP contribution in [0.2, 0.25) is 0 Å². The van der Waals surface area contributed by atoms with Crippen LogP contribution in [0.15, 0.2) is 11.6 Å². The Hall–Kier alpha value is -1.43. The number of thiazole rings is 1. The SMILES string of the molecule is CCC1(C)NC(=O)C(C)N(CCc2nccs2)C1=O. The zero-order chi connectivity index (χ0) is 14.0. The molecule has 0 aromatic carbocycles. The molecule has 0 aliphatic carbocycles. The molecule has 1 aromatic heterocycles. The third-order valence-corrected chi connectivity index (χ3v) is 4.58. The summed E-state index contributed by atoms with van der Waals surface area (Å²) < 4.78 is 0. The van der Waals surface area contributed by atoms with Crippen LogP contribution in [0.3, 0.4) is 0 Å². The molecular weight excluding hydrogens is 262 g/mol. The predicted molar refractivity (Wildman–Crippen MR) is 73.8 cm³/mol. The van der Waals surface area contributed by atoms with Gasteiger partial charge in [0.1, 0.15) is 11.6 Å². The summed E-state index contributed by atoms with van der Waals surface area (Å²) in [7, 11) is 0. The molecule has 2 heterocycles. The number of piperazine rings is 1. The van der Waals surface area contributed by atoms with Crippen molar-refractivity contribution >= 4 is 23.2 Å². The van der Waals surface area contributed by atoms with E-state index < -0.39 is 11.6 Å². The van der Waals surface area contributed by atoms with Gasteiger partial charge in [-0.25, -0.2) is 4.98 Å². The molecule has 1 aliphatic heterocycles. The molecule has 2 amide bonds. The van der Waals surface area contributed by atoms with Gasteiger partial charge < -0.3 is 10.2 Å². The topological polar surface area (TPSA) is 62.3 Å². The average Bonchev–Trinajstić information content (AvgIpc) is 2.90. The Kier molecular flexibility index (Phi) is 3.89. The molecule has 0 bridgehead atoms. The van der Waals surface area contributed by atoms with Crippen LogP contribution in [0.25, 0.3) is 0 Å². The van der Waals surface area contributed by atoms with Gasteiger partial charge in [-0.05, 0) is 20.3 Å². The molecule has 19 heavy (non-hydrogen) atoms. The Morgan fingerprint density at radius 3 is 2.84 bits per heavy atom. The first kappa shape index (κ1) is 14.0. The summed E-state index contributed by atoms with van der Waals surface area (Å²) in [6, 6.07) is -0.410. The van der Waals surface area contributed by atoms with E-state index in [2.05, 4.69) is 10.3 Å². The minimum absolute atomic E-state index is 0.00124. The highest BCUT2D eigenvalue weighted by Gasteiger charge is 2.44. The van der Waals surface area contributed by atoms with Crippen molar-refractivity contribution < 1.29 is 9.59 Å². The van der Waals surface area contributed by atoms with Gasteiger partial charge in [0.05, 0.1) is 5.01 Å². The monoisotopic (exact) mass is 281 g/mol. The van der Waals surface area contributed by atoms with Crippen molar-refractivity contribution in [2.45, 2.75) is 45.2 Å². The van der Waals surface area contributed by atoms with Gasteiger partial charge in [0.2, 0.25) is 11.8 Å². The normalized spacial score (nSPS) is 27.5. The van der Waals surface area contributed by atoms with Crippen molar-refractivity contribution in [1.29, 1.82) is 0 Å². The number of nitrogens with one attached hydrogen (secondary N) is 1. The maximum Gasteiger partial charge on any atom is 0.248 e. The Balaban J connectivity index is 2.11. The van der Waals surface area contributed by atoms with Crippen molar-refractivity contribution in [3.05, 3.63) is 16.6 Å². The lowest BCUT2D eigenvalue weighted by Crippen LogP contribution is -2.68. The third-order valence-electron chi connectivity index (χ3n) is 3.74. The molecule has 1 N–H and O–H groups in total. The number of carbonyl (C=O) groups excluding carboxylic acids is 2. The molecule has 0 radical (unpaired) electrons. The molecule has 1 aliphatic rings. The van der Waals surface area contributed by atoms with Gasteiger partial charge in [0, 0.05) is 24.5 Å². The molecule has 104 valence electrons. The molecule has 2 atom stereocenters. The van der Waals surface area contributed by atoms with Crippen LogP contribution in [-0.2, 0) is 16.0 Å². The first-order valence-electron chi connectivity index (χ1n) is 6.49. The van der Waals surface area contributed by atoms with Crippen molar-refractivity contribution in [3.63, 3.8) is 0 Å². The summed E-state index contributed by atoms with van der Waals surface area (Å²) in [5, 5.41) is 5.73. The van der Waals surface area contributed by atoms with E-state index in [0.29, 0.717) is 19.4 Å². The minimum Gasteiger partial charge on any atom is -0.340 e. The van der Waals surface area contributed by atoms with Crippen molar-refractivity contribution in [2.24, 2.45) is 0 Å². The minimum atomic E-state index is -0.771. The Labute approximate surface area is 117 Å². The first-order chi connectivity index (χ1) is 8.98. The molecule has 6 heteroatoms. The Morgan fingerprint density at radius 1 is 1.53 bits per heavy atom. The zero-order valence-electron chi connectivity index (χ0n) is 11.5. The fraction of sp³-hybridized carbons (Fsp3) is 0.615. The lowest BCUT2D eigenvalue weighted by atomic mass is 9.92. The third kappa shape index (κ3) is 2.63. The van der Waals surface area contributed by atoms with Gasteiger partial charge in [-0.2, -0.15) is 0 Å². The molecule has 2 rings (SSSR count). The number of aromatic nitrogens is 1. The van der Waals surface area contributed by atoms with Crippen molar-refractivity contribution in [3.8, 4) is 0 Å². The van der Waals surface area contributed by atoms with Crippen LogP contribution in [0, 0.1) is 0 Å². The lowest BCUT2D eigenvalue weighted by molar-refractivity contribution is -0.153. The fourth-order valence-electron chi connectivity index (χ4n) is 2.19. The summed E-state index contributed by atoms with van der Waals surface area (Å²) in [6.45, 7) is 6.00. The van der Waals surface area contributed by atoms with Gasteiger partial charge in [-0.1, -0.05) is 6.92 Å². The van der Waals surface area contributed by atoms with E-state index in [1.54, 1.807) is 36.3 Å².